The van der Waals surface area contributed by atoms with Gasteiger partial charge in [-0.15, -0.1) is 0 Å². The van der Waals surface area contributed by atoms with Crippen molar-refractivity contribution >= 4 is 23.6 Å². The maximum absolute atomic E-state index is 12.0. The second-order valence-corrected chi connectivity index (χ2v) is 6.91. The van der Waals surface area contributed by atoms with Crippen LogP contribution in [0.15, 0.2) is 53.8 Å². The molecule has 0 radical (unpaired) electrons. The van der Waals surface area contributed by atoms with Crippen LogP contribution in [0.3, 0.4) is 0 Å². The molecule has 3 rings (SSSR count). The molecular weight excluding hydrogens is 348 g/mol. The number of hydrogen-bond donors (Lipinski definition) is 2. The lowest BCUT2D eigenvalue weighted by molar-refractivity contribution is -0.117. The average Bonchev–Trinajstić information content (AvgIpc) is 3.20. The Morgan fingerprint density at radius 2 is 1.96 bits per heavy atom. The summed E-state index contributed by atoms with van der Waals surface area (Å²) in [6.07, 6.45) is 2.50. The zero-order chi connectivity index (χ0) is 18.5. The Bertz CT molecular complexity index is 915. The van der Waals surface area contributed by atoms with Crippen molar-refractivity contribution in [2.45, 2.75) is 18.5 Å². The van der Waals surface area contributed by atoms with E-state index in [1.54, 1.807) is 29.9 Å². The molecule has 0 unspecified atom stereocenters. The Hall–Kier alpha value is -2.80. The van der Waals surface area contributed by atoms with Crippen LogP contribution in [0.1, 0.15) is 27.4 Å². The van der Waals surface area contributed by atoms with E-state index in [9.17, 15) is 9.59 Å². The molecule has 0 aliphatic heterocycles. The van der Waals surface area contributed by atoms with Gasteiger partial charge in [-0.25, -0.2) is 4.98 Å². The van der Waals surface area contributed by atoms with Gasteiger partial charge in [0.25, 0.3) is 5.91 Å². The molecule has 0 saturated heterocycles. The summed E-state index contributed by atoms with van der Waals surface area (Å²) in [5, 5.41) is 3.07. The molecule has 0 bridgehead atoms. The minimum absolute atomic E-state index is 0.119. The molecule has 1 aromatic carbocycles. The SMILES string of the molecule is Cc1[nH]c(SCC(=O)NC(=O)c2cccn2C)nc1Cc1ccccc1. The summed E-state index contributed by atoms with van der Waals surface area (Å²) in [7, 11) is 1.76. The molecule has 2 heterocycles. The van der Waals surface area contributed by atoms with Crippen LogP contribution in [0, 0.1) is 6.92 Å². The van der Waals surface area contributed by atoms with Crippen LogP contribution in [0.2, 0.25) is 0 Å². The van der Waals surface area contributed by atoms with Crippen LogP contribution in [0.25, 0.3) is 0 Å². The highest BCUT2D eigenvalue weighted by Gasteiger charge is 2.14. The van der Waals surface area contributed by atoms with Crippen LogP contribution < -0.4 is 5.32 Å². The summed E-state index contributed by atoms with van der Waals surface area (Å²) in [6, 6.07) is 13.5. The normalized spacial score (nSPS) is 10.7. The minimum Gasteiger partial charge on any atom is -0.347 e. The third-order valence-corrected chi connectivity index (χ3v) is 4.82. The van der Waals surface area contributed by atoms with E-state index in [4.69, 9.17) is 0 Å². The topological polar surface area (TPSA) is 79.8 Å². The molecule has 2 amide bonds. The summed E-state index contributed by atoms with van der Waals surface area (Å²) in [4.78, 5) is 31.8. The number of imidazole rings is 1. The Kier molecular flexibility index (Phi) is 5.58. The zero-order valence-electron chi connectivity index (χ0n) is 14.7. The third-order valence-electron chi connectivity index (χ3n) is 3.95. The Balaban J connectivity index is 1.55. The van der Waals surface area contributed by atoms with Crippen molar-refractivity contribution in [2.75, 3.05) is 5.75 Å². The predicted molar refractivity (Wildman–Crippen MR) is 101 cm³/mol. The monoisotopic (exact) mass is 368 g/mol. The molecule has 0 saturated carbocycles. The number of imide groups is 1. The fraction of sp³-hybridized carbons (Fsp3) is 0.211. The molecule has 0 fully saturated rings. The highest BCUT2D eigenvalue weighted by Crippen LogP contribution is 2.18. The van der Waals surface area contributed by atoms with Crippen molar-refractivity contribution in [2.24, 2.45) is 7.05 Å². The number of aromatic nitrogens is 3. The van der Waals surface area contributed by atoms with Gasteiger partial charge in [-0.1, -0.05) is 42.1 Å². The van der Waals surface area contributed by atoms with E-state index in [1.807, 2.05) is 25.1 Å². The molecule has 26 heavy (non-hydrogen) atoms. The van der Waals surface area contributed by atoms with Gasteiger partial charge in [0.1, 0.15) is 5.69 Å². The van der Waals surface area contributed by atoms with Crippen LogP contribution >= 0.6 is 11.8 Å². The first-order chi connectivity index (χ1) is 12.5. The number of carbonyl (C=O) groups is 2. The molecular formula is C19H20N4O2S. The van der Waals surface area contributed by atoms with E-state index in [2.05, 4.69) is 27.4 Å². The summed E-state index contributed by atoms with van der Waals surface area (Å²) < 4.78 is 1.67. The lowest BCUT2D eigenvalue weighted by Crippen LogP contribution is -2.32. The van der Waals surface area contributed by atoms with Crippen molar-refractivity contribution in [1.82, 2.24) is 19.9 Å². The molecule has 7 heteroatoms. The van der Waals surface area contributed by atoms with Crippen LogP contribution in [-0.4, -0.2) is 32.1 Å². The summed E-state index contributed by atoms with van der Waals surface area (Å²) >= 11 is 1.28. The van der Waals surface area contributed by atoms with E-state index >= 15 is 0 Å². The number of carbonyl (C=O) groups excluding carboxylic acids is 2. The number of amides is 2. The third kappa shape index (κ3) is 4.43. The molecule has 0 aliphatic rings. The summed E-state index contributed by atoms with van der Waals surface area (Å²) in [5.74, 6) is -0.628. The van der Waals surface area contributed by atoms with Crippen LogP contribution in [0.5, 0.6) is 0 Å². The van der Waals surface area contributed by atoms with E-state index in [-0.39, 0.29) is 11.7 Å². The number of aromatic amines is 1. The van der Waals surface area contributed by atoms with Crippen molar-refractivity contribution in [3.63, 3.8) is 0 Å². The number of thioether (sulfide) groups is 1. The second kappa shape index (κ2) is 8.05. The van der Waals surface area contributed by atoms with Crippen molar-refractivity contribution in [3.05, 3.63) is 71.3 Å². The molecule has 3 aromatic rings. The molecule has 134 valence electrons. The van der Waals surface area contributed by atoms with Crippen molar-refractivity contribution in [1.29, 1.82) is 0 Å². The predicted octanol–water partition coefficient (Wildman–Crippen LogP) is 2.70. The Morgan fingerprint density at radius 1 is 1.19 bits per heavy atom. The molecule has 2 aromatic heterocycles. The van der Waals surface area contributed by atoms with Gasteiger partial charge in [-0.2, -0.15) is 0 Å². The average molecular weight is 368 g/mol. The van der Waals surface area contributed by atoms with Gasteiger partial charge in [0, 0.05) is 25.4 Å². The first kappa shape index (κ1) is 18.0. The number of nitrogens with one attached hydrogen (secondary N) is 2. The number of benzene rings is 1. The first-order valence-electron chi connectivity index (χ1n) is 8.20. The molecule has 0 atom stereocenters. The van der Waals surface area contributed by atoms with Crippen LogP contribution in [-0.2, 0) is 18.3 Å². The maximum Gasteiger partial charge on any atom is 0.274 e. The number of nitrogens with zero attached hydrogens (tertiary/aromatic N) is 2. The minimum atomic E-state index is -0.400. The summed E-state index contributed by atoms with van der Waals surface area (Å²) in [6.45, 7) is 1.97. The zero-order valence-corrected chi connectivity index (χ0v) is 15.5. The van der Waals surface area contributed by atoms with E-state index in [1.165, 1.54) is 17.3 Å². The number of hydrogen-bond acceptors (Lipinski definition) is 4. The fourth-order valence-electron chi connectivity index (χ4n) is 2.55. The van der Waals surface area contributed by atoms with Gasteiger partial charge in [0.2, 0.25) is 5.91 Å². The summed E-state index contributed by atoms with van der Waals surface area (Å²) in [5.41, 5.74) is 3.57. The van der Waals surface area contributed by atoms with E-state index < -0.39 is 5.91 Å². The van der Waals surface area contributed by atoms with E-state index in [0.29, 0.717) is 10.9 Å². The van der Waals surface area contributed by atoms with Gasteiger partial charge >= 0.3 is 0 Å². The van der Waals surface area contributed by atoms with Crippen molar-refractivity contribution < 1.29 is 9.59 Å². The fourth-order valence-corrected chi connectivity index (χ4v) is 3.29. The van der Waals surface area contributed by atoms with E-state index in [0.717, 1.165) is 17.8 Å². The largest absolute Gasteiger partial charge is 0.347 e. The highest BCUT2D eigenvalue weighted by atomic mass is 32.2. The number of aryl methyl sites for hydroxylation is 2. The number of rotatable bonds is 6. The Labute approximate surface area is 156 Å². The van der Waals surface area contributed by atoms with Gasteiger partial charge in [0.15, 0.2) is 5.16 Å². The van der Waals surface area contributed by atoms with Gasteiger partial charge in [0.05, 0.1) is 11.4 Å². The molecule has 2 N–H and O–H groups in total. The van der Waals surface area contributed by atoms with Gasteiger partial charge in [-0.05, 0) is 24.6 Å². The standard InChI is InChI=1S/C19H20N4O2S/c1-13-15(11-14-7-4-3-5-8-14)21-19(20-13)26-12-17(24)22-18(25)16-9-6-10-23(16)2/h3-10H,11-12H2,1-2H3,(H,20,21)(H,22,24,25). The maximum atomic E-state index is 12.0. The van der Waals surface area contributed by atoms with Crippen LogP contribution in [0.4, 0.5) is 0 Å². The molecule has 6 nitrogen and oxygen atoms in total. The first-order valence-corrected chi connectivity index (χ1v) is 9.19. The Morgan fingerprint density at radius 3 is 2.65 bits per heavy atom. The molecule has 0 spiro atoms. The van der Waals surface area contributed by atoms with Crippen molar-refractivity contribution in [3.8, 4) is 0 Å². The van der Waals surface area contributed by atoms with Gasteiger partial charge < -0.3 is 9.55 Å². The lowest BCUT2D eigenvalue weighted by atomic mass is 10.1. The highest BCUT2D eigenvalue weighted by molar-refractivity contribution is 7.99. The lowest BCUT2D eigenvalue weighted by Gasteiger charge is -2.04. The van der Waals surface area contributed by atoms with Gasteiger partial charge in [-0.3, -0.25) is 14.9 Å². The second-order valence-electron chi connectivity index (χ2n) is 5.95. The number of H-pyrrole nitrogens is 1. The quantitative estimate of drug-likeness (QED) is 0.656. The smallest absolute Gasteiger partial charge is 0.274 e. The molecule has 0 aliphatic carbocycles.